The van der Waals surface area contributed by atoms with Gasteiger partial charge in [-0.15, -0.1) is 0 Å². The average molecular weight is 330 g/mol. The molecule has 8 heteroatoms. The lowest BCUT2D eigenvalue weighted by Gasteiger charge is -2.19. The lowest BCUT2D eigenvalue weighted by molar-refractivity contribution is 0.434. The van der Waals surface area contributed by atoms with Crippen LogP contribution in [-0.2, 0) is 26.3 Å². The van der Waals surface area contributed by atoms with Crippen LogP contribution in [0.5, 0.6) is 0 Å². The van der Waals surface area contributed by atoms with Crippen LogP contribution in [0.15, 0.2) is 23.1 Å². The molecule has 6 nitrogen and oxygen atoms in total. The molecule has 116 valence electrons. The van der Waals surface area contributed by atoms with E-state index in [9.17, 15) is 16.8 Å². The highest BCUT2D eigenvalue weighted by Crippen LogP contribution is 2.27. The number of hydrogen-bond acceptors (Lipinski definition) is 5. The SMILES string of the molecule is O=S1(=O)CCCN(S(=O)(=O)c2ccc3c(c2)NCC3)CC1. The van der Waals surface area contributed by atoms with Crippen molar-refractivity contribution in [3.05, 3.63) is 23.8 Å². The van der Waals surface area contributed by atoms with Gasteiger partial charge in [0.2, 0.25) is 10.0 Å². The molecular weight excluding hydrogens is 312 g/mol. The molecule has 0 amide bonds. The zero-order valence-electron chi connectivity index (χ0n) is 11.6. The summed E-state index contributed by atoms with van der Waals surface area (Å²) in [6.45, 7) is 1.11. The van der Waals surface area contributed by atoms with Gasteiger partial charge in [0.1, 0.15) is 0 Å². The van der Waals surface area contributed by atoms with Crippen molar-refractivity contribution in [1.82, 2.24) is 4.31 Å². The van der Waals surface area contributed by atoms with Crippen LogP contribution in [0, 0.1) is 0 Å². The Balaban J connectivity index is 1.90. The molecule has 0 unspecified atom stereocenters. The van der Waals surface area contributed by atoms with E-state index < -0.39 is 19.9 Å². The van der Waals surface area contributed by atoms with E-state index in [-0.39, 0.29) is 29.5 Å². The summed E-state index contributed by atoms with van der Waals surface area (Å²) in [6.07, 6.45) is 1.25. The molecule has 1 N–H and O–H groups in total. The minimum atomic E-state index is -3.63. The normalized spacial score (nSPS) is 22.3. The molecule has 0 saturated carbocycles. The Bertz CT molecular complexity index is 756. The number of benzene rings is 1. The maximum absolute atomic E-state index is 12.7. The van der Waals surface area contributed by atoms with Crippen molar-refractivity contribution in [2.24, 2.45) is 0 Å². The molecule has 21 heavy (non-hydrogen) atoms. The molecule has 0 spiro atoms. The highest BCUT2D eigenvalue weighted by Gasteiger charge is 2.29. The third-order valence-corrected chi connectivity index (χ3v) is 7.55. The van der Waals surface area contributed by atoms with Crippen LogP contribution in [0.4, 0.5) is 5.69 Å². The van der Waals surface area contributed by atoms with Crippen LogP contribution in [-0.4, -0.2) is 52.3 Å². The smallest absolute Gasteiger partial charge is 0.243 e. The molecule has 3 rings (SSSR count). The first kappa shape index (κ1) is 14.8. The number of rotatable bonds is 2. The van der Waals surface area contributed by atoms with Crippen LogP contribution in [0.1, 0.15) is 12.0 Å². The molecule has 1 aromatic carbocycles. The highest BCUT2D eigenvalue weighted by molar-refractivity contribution is 7.91. The lowest BCUT2D eigenvalue weighted by atomic mass is 10.2. The van der Waals surface area contributed by atoms with Crippen molar-refractivity contribution in [2.75, 3.05) is 36.5 Å². The largest absolute Gasteiger partial charge is 0.384 e. The van der Waals surface area contributed by atoms with E-state index in [2.05, 4.69) is 5.32 Å². The molecule has 0 bridgehead atoms. The second kappa shape index (κ2) is 5.26. The predicted molar refractivity (Wildman–Crippen MR) is 80.7 cm³/mol. The maximum atomic E-state index is 12.7. The summed E-state index contributed by atoms with van der Waals surface area (Å²) >= 11 is 0. The van der Waals surface area contributed by atoms with E-state index in [1.165, 1.54) is 4.31 Å². The van der Waals surface area contributed by atoms with E-state index in [0.717, 1.165) is 24.2 Å². The fraction of sp³-hybridized carbons (Fsp3) is 0.538. The Labute approximate surface area is 125 Å². The summed E-state index contributed by atoms with van der Waals surface area (Å²) < 4.78 is 49.8. The van der Waals surface area contributed by atoms with Gasteiger partial charge in [0.05, 0.1) is 16.4 Å². The Morgan fingerprint density at radius 1 is 1.14 bits per heavy atom. The molecule has 1 saturated heterocycles. The van der Waals surface area contributed by atoms with Gasteiger partial charge in [-0.2, -0.15) is 4.31 Å². The molecular formula is C13H18N2O4S2. The molecule has 2 aliphatic rings. The third-order valence-electron chi connectivity index (χ3n) is 3.94. The molecule has 0 aromatic heterocycles. The van der Waals surface area contributed by atoms with E-state index in [0.29, 0.717) is 6.42 Å². The summed E-state index contributed by atoms with van der Waals surface area (Å²) in [7, 11) is -6.75. The number of fused-ring (bicyclic) bond motifs is 1. The van der Waals surface area contributed by atoms with Crippen molar-refractivity contribution < 1.29 is 16.8 Å². The second-order valence-corrected chi connectivity index (χ2v) is 9.65. The van der Waals surface area contributed by atoms with Gasteiger partial charge in [0.15, 0.2) is 9.84 Å². The number of hydrogen-bond donors (Lipinski definition) is 1. The van der Waals surface area contributed by atoms with Gasteiger partial charge in [0, 0.05) is 25.3 Å². The fourth-order valence-electron chi connectivity index (χ4n) is 2.74. The van der Waals surface area contributed by atoms with Gasteiger partial charge < -0.3 is 5.32 Å². The molecule has 0 radical (unpaired) electrons. The molecule has 0 atom stereocenters. The summed E-state index contributed by atoms with van der Waals surface area (Å²) in [5.41, 5.74) is 1.98. The maximum Gasteiger partial charge on any atom is 0.243 e. The van der Waals surface area contributed by atoms with Crippen LogP contribution in [0.3, 0.4) is 0 Å². The van der Waals surface area contributed by atoms with Gasteiger partial charge in [-0.05, 0) is 30.5 Å². The first-order valence-electron chi connectivity index (χ1n) is 6.96. The first-order chi connectivity index (χ1) is 9.88. The van der Waals surface area contributed by atoms with Crippen LogP contribution in [0.2, 0.25) is 0 Å². The van der Waals surface area contributed by atoms with Gasteiger partial charge in [-0.25, -0.2) is 16.8 Å². The van der Waals surface area contributed by atoms with Gasteiger partial charge >= 0.3 is 0 Å². The molecule has 1 aromatic rings. The standard InChI is InChI=1S/C13H18N2O4S2/c16-20(17)8-1-6-15(7-9-20)21(18,19)12-3-2-11-4-5-14-13(11)10-12/h2-3,10,14H,1,4-9H2. The monoisotopic (exact) mass is 330 g/mol. The van der Waals surface area contributed by atoms with Crippen LogP contribution < -0.4 is 5.32 Å². The van der Waals surface area contributed by atoms with Crippen molar-refractivity contribution in [1.29, 1.82) is 0 Å². The van der Waals surface area contributed by atoms with Crippen molar-refractivity contribution in [3.63, 3.8) is 0 Å². The van der Waals surface area contributed by atoms with Crippen molar-refractivity contribution >= 4 is 25.5 Å². The number of nitrogens with one attached hydrogen (secondary N) is 1. The van der Waals surface area contributed by atoms with E-state index in [4.69, 9.17) is 0 Å². The van der Waals surface area contributed by atoms with Crippen molar-refractivity contribution in [2.45, 2.75) is 17.7 Å². The quantitative estimate of drug-likeness (QED) is 0.852. The first-order valence-corrected chi connectivity index (χ1v) is 10.2. The number of anilines is 1. The van der Waals surface area contributed by atoms with Gasteiger partial charge in [0.25, 0.3) is 0 Å². The Morgan fingerprint density at radius 3 is 2.76 bits per heavy atom. The molecule has 2 aliphatic heterocycles. The fourth-order valence-corrected chi connectivity index (χ4v) is 5.63. The van der Waals surface area contributed by atoms with E-state index >= 15 is 0 Å². The van der Waals surface area contributed by atoms with Crippen LogP contribution >= 0.6 is 0 Å². The minimum Gasteiger partial charge on any atom is -0.384 e. The van der Waals surface area contributed by atoms with E-state index in [1.807, 2.05) is 6.07 Å². The topological polar surface area (TPSA) is 83.6 Å². The third kappa shape index (κ3) is 2.93. The lowest BCUT2D eigenvalue weighted by Crippen LogP contribution is -2.33. The van der Waals surface area contributed by atoms with E-state index in [1.54, 1.807) is 12.1 Å². The second-order valence-electron chi connectivity index (χ2n) is 5.41. The molecule has 0 aliphatic carbocycles. The predicted octanol–water partition coefficient (Wildman–Crippen LogP) is 0.464. The average Bonchev–Trinajstić information content (AvgIpc) is 2.81. The zero-order valence-corrected chi connectivity index (χ0v) is 13.2. The molecule has 2 heterocycles. The summed E-state index contributed by atoms with van der Waals surface area (Å²) in [5.74, 6) is -0.0415. The summed E-state index contributed by atoms with van der Waals surface area (Å²) in [6, 6.07) is 5.09. The zero-order chi connectivity index (χ0) is 15.1. The Hall–Kier alpha value is -1.12. The van der Waals surface area contributed by atoms with Gasteiger partial charge in [-0.1, -0.05) is 6.07 Å². The van der Waals surface area contributed by atoms with Crippen LogP contribution in [0.25, 0.3) is 0 Å². The Morgan fingerprint density at radius 2 is 1.95 bits per heavy atom. The number of sulfonamides is 1. The number of nitrogens with zero attached hydrogens (tertiary/aromatic N) is 1. The highest BCUT2D eigenvalue weighted by atomic mass is 32.2. The number of sulfone groups is 1. The molecule has 1 fully saturated rings. The Kier molecular flexibility index (Phi) is 3.71. The van der Waals surface area contributed by atoms with Crippen molar-refractivity contribution in [3.8, 4) is 0 Å². The minimum absolute atomic E-state index is 0.0369. The van der Waals surface area contributed by atoms with Gasteiger partial charge in [-0.3, -0.25) is 0 Å². The summed E-state index contributed by atoms with van der Waals surface area (Å²) in [4.78, 5) is 0.231. The summed E-state index contributed by atoms with van der Waals surface area (Å²) in [5, 5.41) is 3.16.